The first-order chi connectivity index (χ1) is 4.83. The molecule has 0 saturated carbocycles. The van der Waals surface area contributed by atoms with Crippen LogP contribution in [0.1, 0.15) is 0 Å². The lowest BCUT2D eigenvalue weighted by atomic mass is 10.6. The Morgan fingerprint density at radius 1 is 1.73 bits per heavy atom. The van der Waals surface area contributed by atoms with Crippen LogP contribution in [-0.4, -0.2) is 13.1 Å². The number of nitrogens with zero attached hydrogens (tertiary/aromatic N) is 1. The highest BCUT2D eigenvalue weighted by atomic mass is 79.9. The van der Waals surface area contributed by atoms with Crippen molar-refractivity contribution >= 4 is 17.3 Å². The molecule has 0 aliphatic heterocycles. The highest BCUT2D eigenvalue weighted by Gasteiger charge is 2.07. The van der Waals surface area contributed by atoms with Gasteiger partial charge in [0, 0.05) is 0 Å². The van der Waals surface area contributed by atoms with Gasteiger partial charge in [0.15, 0.2) is 6.20 Å². The second kappa shape index (κ2) is 5.26. The second-order valence-electron chi connectivity index (χ2n) is 1.78. The first-order valence-corrected chi connectivity index (χ1v) is 3.75. The Morgan fingerprint density at radius 3 is 2.91 bits per heavy atom. The third-order valence-corrected chi connectivity index (χ3v) is 1.74. The van der Waals surface area contributed by atoms with Crippen molar-refractivity contribution in [3.8, 4) is 0 Å². The van der Waals surface area contributed by atoms with E-state index in [2.05, 4.69) is 4.74 Å². The molecule has 0 unspecified atom stereocenters. The first-order valence-electron chi connectivity index (χ1n) is 2.81. The lowest BCUT2D eigenvalue weighted by molar-refractivity contribution is -0.681. The summed E-state index contributed by atoms with van der Waals surface area (Å²) < 4.78 is 6.24. The third kappa shape index (κ3) is 3.48. The van der Waals surface area contributed by atoms with E-state index in [1.54, 1.807) is 15.9 Å². The molecule has 62 valence electrons. The maximum absolute atomic E-state index is 10.6. The fourth-order valence-corrected chi connectivity index (χ4v) is 1.16. The van der Waals surface area contributed by atoms with Crippen molar-refractivity contribution in [1.29, 1.82) is 0 Å². The van der Waals surface area contributed by atoms with E-state index in [0.717, 1.165) is 0 Å². The largest absolute Gasteiger partial charge is 1.00 e. The Bertz CT molecular complexity index is 212. The summed E-state index contributed by atoms with van der Waals surface area (Å²) in [6, 6.07) is 0. The van der Waals surface area contributed by atoms with E-state index in [1.807, 2.05) is 17.1 Å². The summed E-state index contributed by atoms with van der Waals surface area (Å²) >= 11 is 1.55. The number of hydrogen-bond donors (Lipinski definition) is 0. The van der Waals surface area contributed by atoms with Crippen LogP contribution in [0.2, 0.25) is 0 Å². The zero-order valence-corrected chi connectivity index (χ0v) is 8.39. The molecule has 1 rings (SSSR count). The lowest BCUT2D eigenvalue weighted by Gasteiger charge is -1.89. The summed E-state index contributed by atoms with van der Waals surface area (Å²) in [4.78, 5) is 10.6. The Kier molecular flexibility index (Phi) is 5.06. The summed E-state index contributed by atoms with van der Waals surface area (Å²) in [5, 5.41) is 1.91. The highest BCUT2D eigenvalue weighted by molar-refractivity contribution is 7.07. The fraction of sp³-hybridized carbons (Fsp3) is 0.333. The molecule has 3 nitrogen and oxygen atoms in total. The van der Waals surface area contributed by atoms with Gasteiger partial charge in [-0.25, -0.2) is 4.79 Å². The number of halogens is 1. The molecule has 1 aromatic rings. The van der Waals surface area contributed by atoms with Gasteiger partial charge < -0.3 is 21.7 Å². The van der Waals surface area contributed by atoms with Crippen LogP contribution in [0.4, 0.5) is 0 Å². The average Bonchev–Trinajstić information content (AvgIpc) is 2.40. The van der Waals surface area contributed by atoms with Crippen LogP contribution < -0.4 is 21.5 Å². The van der Waals surface area contributed by atoms with Crippen LogP contribution in [0, 0.1) is 0 Å². The Labute approximate surface area is 79.4 Å². The molecule has 0 radical (unpaired) electrons. The maximum atomic E-state index is 10.6. The van der Waals surface area contributed by atoms with E-state index >= 15 is 0 Å². The maximum Gasteiger partial charge on any atom is 0.372 e. The standard InChI is InChI=1S/C6H8NO2S.BrH/c1-9-6(8)4-7-2-3-10-5-7;/h2-3,5H,4H2,1H3;1H/q+1;/p-1. The summed E-state index contributed by atoms with van der Waals surface area (Å²) in [6.07, 6.45) is 1.83. The molecule has 0 bridgehead atoms. The minimum Gasteiger partial charge on any atom is -1.00 e. The molecule has 1 heterocycles. The molecule has 5 heteroatoms. The van der Waals surface area contributed by atoms with Crippen LogP contribution in [0.3, 0.4) is 0 Å². The molecular weight excluding hydrogens is 230 g/mol. The lowest BCUT2D eigenvalue weighted by Crippen LogP contribution is -3.00. The number of hydrogen-bond acceptors (Lipinski definition) is 3. The minimum absolute atomic E-state index is 0. The predicted molar refractivity (Wildman–Crippen MR) is 36.5 cm³/mol. The third-order valence-electron chi connectivity index (χ3n) is 1.07. The monoisotopic (exact) mass is 237 g/mol. The molecule has 0 saturated heterocycles. The van der Waals surface area contributed by atoms with Gasteiger partial charge in [-0.15, -0.1) is 0 Å². The molecule has 0 aliphatic carbocycles. The van der Waals surface area contributed by atoms with Crippen molar-refractivity contribution in [2.45, 2.75) is 6.54 Å². The van der Waals surface area contributed by atoms with Crippen LogP contribution in [0.5, 0.6) is 0 Å². The highest BCUT2D eigenvalue weighted by Crippen LogP contribution is 1.87. The van der Waals surface area contributed by atoms with E-state index in [0.29, 0.717) is 6.54 Å². The quantitative estimate of drug-likeness (QED) is 0.412. The van der Waals surface area contributed by atoms with Gasteiger partial charge in [0.05, 0.1) is 12.5 Å². The number of thiazole rings is 1. The smallest absolute Gasteiger partial charge is 0.372 e. The van der Waals surface area contributed by atoms with Crippen LogP contribution >= 0.6 is 11.3 Å². The number of carbonyl (C=O) groups is 1. The first kappa shape index (κ1) is 10.6. The van der Waals surface area contributed by atoms with Crippen molar-refractivity contribution in [3.05, 3.63) is 17.1 Å². The number of rotatable bonds is 2. The molecule has 0 fully saturated rings. The molecule has 0 N–H and O–H groups in total. The van der Waals surface area contributed by atoms with E-state index in [9.17, 15) is 4.79 Å². The van der Waals surface area contributed by atoms with Gasteiger partial charge in [-0.3, -0.25) is 0 Å². The van der Waals surface area contributed by atoms with E-state index in [1.165, 1.54) is 7.11 Å². The van der Waals surface area contributed by atoms with Crippen molar-refractivity contribution in [2.24, 2.45) is 0 Å². The van der Waals surface area contributed by atoms with Crippen molar-refractivity contribution in [2.75, 3.05) is 7.11 Å². The Morgan fingerprint density at radius 2 is 2.45 bits per heavy atom. The minimum atomic E-state index is -0.219. The van der Waals surface area contributed by atoms with Gasteiger partial charge in [-0.2, -0.15) is 4.57 Å². The molecule has 0 spiro atoms. The number of esters is 1. The van der Waals surface area contributed by atoms with Crippen LogP contribution in [0.25, 0.3) is 0 Å². The Balaban J connectivity index is 0.000001000. The number of ether oxygens (including phenoxy) is 1. The van der Waals surface area contributed by atoms with Crippen molar-refractivity contribution in [3.63, 3.8) is 0 Å². The zero-order chi connectivity index (χ0) is 7.40. The number of aromatic nitrogens is 1. The van der Waals surface area contributed by atoms with Gasteiger partial charge in [0.2, 0.25) is 12.1 Å². The topological polar surface area (TPSA) is 30.2 Å². The van der Waals surface area contributed by atoms with Gasteiger partial charge in [0.25, 0.3) is 0 Å². The van der Waals surface area contributed by atoms with E-state index in [-0.39, 0.29) is 23.0 Å². The second-order valence-corrected chi connectivity index (χ2v) is 2.53. The van der Waals surface area contributed by atoms with E-state index in [4.69, 9.17) is 0 Å². The average molecular weight is 238 g/mol. The fourth-order valence-electron chi connectivity index (χ4n) is 0.565. The molecular formula is C6H8BrNO2S. The van der Waals surface area contributed by atoms with Crippen molar-refractivity contribution < 1.29 is 31.1 Å². The molecule has 11 heavy (non-hydrogen) atoms. The van der Waals surface area contributed by atoms with E-state index < -0.39 is 0 Å². The summed E-state index contributed by atoms with van der Waals surface area (Å²) in [6.45, 7) is 0.306. The SMILES string of the molecule is COC(=O)C[n+]1ccsc1.[Br-]. The zero-order valence-electron chi connectivity index (χ0n) is 5.99. The summed E-state index contributed by atoms with van der Waals surface area (Å²) in [5.74, 6) is -0.219. The van der Waals surface area contributed by atoms with Gasteiger partial charge in [-0.05, 0) is 0 Å². The number of methoxy groups -OCH3 is 1. The normalized spacial score (nSPS) is 8.45. The molecule has 0 amide bonds. The molecule has 1 aromatic heterocycles. The van der Waals surface area contributed by atoms with Crippen LogP contribution in [0.15, 0.2) is 17.1 Å². The predicted octanol–water partition coefficient (Wildman–Crippen LogP) is -2.79. The van der Waals surface area contributed by atoms with Crippen molar-refractivity contribution in [1.82, 2.24) is 0 Å². The summed E-state index contributed by atoms with van der Waals surface area (Å²) in [5.41, 5.74) is 1.86. The summed E-state index contributed by atoms with van der Waals surface area (Å²) in [7, 11) is 1.38. The van der Waals surface area contributed by atoms with Gasteiger partial charge >= 0.3 is 5.97 Å². The van der Waals surface area contributed by atoms with Crippen LogP contribution in [-0.2, 0) is 16.1 Å². The van der Waals surface area contributed by atoms with Gasteiger partial charge in [0.1, 0.15) is 0 Å². The molecule has 0 aliphatic rings. The molecule has 0 aromatic carbocycles. The Hall–Kier alpha value is -0.420. The molecule has 0 atom stereocenters. The van der Waals surface area contributed by atoms with Gasteiger partial charge in [-0.1, -0.05) is 11.3 Å². The number of carbonyl (C=O) groups excluding carboxylic acids is 1.